The topological polar surface area (TPSA) is 71.3 Å². The second-order valence-corrected chi connectivity index (χ2v) is 6.35. The molecule has 0 unspecified atom stereocenters. The molecule has 0 aliphatic carbocycles. The highest BCUT2D eigenvalue weighted by molar-refractivity contribution is 6.09. The van der Waals surface area contributed by atoms with Gasteiger partial charge < -0.3 is 15.0 Å². The van der Waals surface area contributed by atoms with E-state index in [-0.39, 0.29) is 11.7 Å². The lowest BCUT2D eigenvalue weighted by Gasteiger charge is -2.14. The first-order valence-corrected chi connectivity index (χ1v) is 8.04. The number of hydrogen-bond donors (Lipinski definition) is 2. The molecular weight excluding hydrogens is 342 g/mol. The maximum atomic E-state index is 13.3. The molecule has 5 nitrogen and oxygen atoms in total. The summed E-state index contributed by atoms with van der Waals surface area (Å²) in [5, 5.41) is 13.3. The van der Waals surface area contributed by atoms with E-state index < -0.39 is 34.4 Å². The Morgan fingerprint density at radius 2 is 2.00 bits per heavy atom. The van der Waals surface area contributed by atoms with Crippen molar-refractivity contribution >= 4 is 22.5 Å². The minimum Gasteiger partial charge on any atom is -0.506 e. The normalized spacial score (nSPS) is 15.4. The summed E-state index contributed by atoms with van der Waals surface area (Å²) in [6, 6.07) is 7.96. The first kappa shape index (κ1) is 16.3. The molecule has 7 heteroatoms. The van der Waals surface area contributed by atoms with Gasteiger partial charge in [0, 0.05) is 23.2 Å². The predicted molar refractivity (Wildman–Crippen MR) is 92.6 cm³/mol. The van der Waals surface area contributed by atoms with Crippen LogP contribution in [0.25, 0.3) is 10.9 Å². The zero-order valence-electron chi connectivity index (χ0n) is 13.7. The molecule has 0 spiro atoms. The van der Waals surface area contributed by atoms with E-state index in [1.807, 2.05) is 13.0 Å². The van der Waals surface area contributed by atoms with E-state index in [1.54, 1.807) is 12.1 Å². The number of carbonyl (C=O) groups is 1. The first-order chi connectivity index (χ1) is 12.4. The van der Waals surface area contributed by atoms with E-state index in [9.17, 15) is 23.5 Å². The van der Waals surface area contributed by atoms with Gasteiger partial charge in [-0.2, -0.15) is 0 Å². The van der Waals surface area contributed by atoms with E-state index in [0.717, 1.165) is 17.7 Å². The maximum absolute atomic E-state index is 13.3. The van der Waals surface area contributed by atoms with Crippen LogP contribution in [0.15, 0.2) is 41.2 Å². The van der Waals surface area contributed by atoms with Crippen LogP contribution >= 0.6 is 0 Å². The Morgan fingerprint density at radius 1 is 1.23 bits per heavy atom. The molecule has 0 fully saturated rings. The number of hydrogen-bond acceptors (Lipinski definition) is 3. The number of para-hydroxylation sites is 1. The third-order valence-electron chi connectivity index (χ3n) is 4.65. The summed E-state index contributed by atoms with van der Waals surface area (Å²) in [6.07, 6.45) is 0.625. The Labute approximate surface area is 146 Å². The summed E-state index contributed by atoms with van der Waals surface area (Å²) in [7, 11) is 0. The summed E-state index contributed by atoms with van der Waals surface area (Å²) >= 11 is 0. The van der Waals surface area contributed by atoms with Crippen LogP contribution in [0.5, 0.6) is 5.75 Å². The monoisotopic (exact) mass is 356 g/mol. The molecule has 2 N–H and O–H groups in total. The van der Waals surface area contributed by atoms with Gasteiger partial charge in [0.2, 0.25) is 0 Å². The second-order valence-electron chi connectivity index (χ2n) is 6.35. The van der Waals surface area contributed by atoms with Crippen molar-refractivity contribution in [3.05, 3.63) is 69.5 Å². The number of benzene rings is 2. The van der Waals surface area contributed by atoms with Crippen molar-refractivity contribution in [2.45, 2.75) is 19.4 Å². The first-order valence-electron chi connectivity index (χ1n) is 8.04. The smallest absolute Gasteiger partial charge is 0.268 e. The predicted octanol–water partition coefficient (Wildman–Crippen LogP) is 3.35. The molecule has 0 bridgehead atoms. The Hall–Kier alpha value is -3.22. The minimum absolute atomic E-state index is 0.0176. The number of nitrogens with zero attached hydrogens (tertiary/aromatic N) is 1. The number of halogens is 2. The molecule has 1 amide bonds. The number of amides is 1. The zero-order chi connectivity index (χ0) is 18.6. The van der Waals surface area contributed by atoms with E-state index in [1.165, 1.54) is 10.6 Å². The van der Waals surface area contributed by atoms with E-state index in [0.29, 0.717) is 17.3 Å². The Bertz CT molecular complexity index is 1140. The maximum Gasteiger partial charge on any atom is 0.268 e. The molecule has 0 saturated heterocycles. The molecule has 1 aromatic heterocycles. The molecule has 1 aliphatic heterocycles. The van der Waals surface area contributed by atoms with Crippen LogP contribution in [0.1, 0.15) is 28.9 Å². The van der Waals surface area contributed by atoms with Gasteiger partial charge in [-0.3, -0.25) is 9.59 Å². The standard InChI is InChI=1S/C19H14F2N2O3/c1-9-7-10-3-2-4-12-16(10)23(9)19(26)15(17(12)24)18(25)22-11-5-6-13(20)14(21)8-11/h2-6,8-9,24H,7H2,1H3,(H,22,25)/t9-/m1/s1. The lowest BCUT2D eigenvalue weighted by Crippen LogP contribution is -2.30. The van der Waals surface area contributed by atoms with Crippen LogP contribution < -0.4 is 10.9 Å². The lowest BCUT2D eigenvalue weighted by molar-refractivity contribution is 0.102. The van der Waals surface area contributed by atoms with Gasteiger partial charge in [-0.15, -0.1) is 0 Å². The van der Waals surface area contributed by atoms with Crippen molar-refractivity contribution in [3.8, 4) is 5.75 Å². The number of nitrogens with one attached hydrogen (secondary N) is 1. The fourth-order valence-corrected chi connectivity index (χ4v) is 3.49. The van der Waals surface area contributed by atoms with Crippen LogP contribution in [0.4, 0.5) is 14.5 Å². The minimum atomic E-state index is -1.13. The van der Waals surface area contributed by atoms with Gasteiger partial charge in [-0.25, -0.2) is 8.78 Å². The van der Waals surface area contributed by atoms with Gasteiger partial charge in [0.15, 0.2) is 11.6 Å². The summed E-state index contributed by atoms with van der Waals surface area (Å²) < 4.78 is 27.9. The van der Waals surface area contributed by atoms with Crippen molar-refractivity contribution in [2.24, 2.45) is 0 Å². The van der Waals surface area contributed by atoms with E-state index in [2.05, 4.69) is 5.32 Å². The molecule has 0 saturated carbocycles. The molecule has 132 valence electrons. The van der Waals surface area contributed by atoms with Crippen molar-refractivity contribution in [2.75, 3.05) is 5.32 Å². The van der Waals surface area contributed by atoms with Gasteiger partial charge in [0.05, 0.1) is 5.52 Å². The van der Waals surface area contributed by atoms with Crippen molar-refractivity contribution in [1.29, 1.82) is 0 Å². The number of rotatable bonds is 2. The summed E-state index contributed by atoms with van der Waals surface area (Å²) in [5.74, 6) is -3.48. The molecule has 0 radical (unpaired) electrons. The quantitative estimate of drug-likeness (QED) is 0.740. The van der Waals surface area contributed by atoms with Crippen molar-refractivity contribution in [1.82, 2.24) is 4.57 Å². The number of anilines is 1. The average molecular weight is 356 g/mol. The number of aromatic hydroxyl groups is 1. The summed E-state index contributed by atoms with van der Waals surface area (Å²) in [4.78, 5) is 25.4. The van der Waals surface area contributed by atoms with Gasteiger partial charge in [-0.1, -0.05) is 12.1 Å². The average Bonchev–Trinajstić information content (AvgIpc) is 2.93. The van der Waals surface area contributed by atoms with Gasteiger partial charge in [0.25, 0.3) is 11.5 Å². The van der Waals surface area contributed by atoms with Gasteiger partial charge >= 0.3 is 0 Å². The lowest BCUT2D eigenvalue weighted by atomic mass is 10.1. The Morgan fingerprint density at radius 3 is 2.73 bits per heavy atom. The SMILES string of the molecule is C[C@@H]1Cc2cccc3c(O)c(C(=O)Nc4ccc(F)c(F)c4)c(=O)n1c23. The fourth-order valence-electron chi connectivity index (χ4n) is 3.49. The van der Waals surface area contributed by atoms with Crippen molar-refractivity contribution < 1.29 is 18.7 Å². The molecule has 26 heavy (non-hydrogen) atoms. The van der Waals surface area contributed by atoms with Crippen LogP contribution in [-0.4, -0.2) is 15.6 Å². The molecule has 1 atom stereocenters. The Kier molecular flexibility index (Phi) is 3.54. The third kappa shape index (κ3) is 2.28. The largest absolute Gasteiger partial charge is 0.506 e. The third-order valence-corrected chi connectivity index (χ3v) is 4.65. The number of aromatic nitrogens is 1. The molecule has 4 rings (SSSR count). The second kappa shape index (κ2) is 5.66. The highest BCUT2D eigenvalue weighted by atomic mass is 19.2. The van der Waals surface area contributed by atoms with Gasteiger partial charge in [0.1, 0.15) is 11.3 Å². The van der Waals surface area contributed by atoms with E-state index >= 15 is 0 Å². The number of carbonyl (C=O) groups excluding carboxylic acids is 1. The molecule has 1 aliphatic rings. The molecule has 2 aromatic carbocycles. The van der Waals surface area contributed by atoms with Crippen LogP contribution in [0, 0.1) is 11.6 Å². The molecule has 3 aromatic rings. The molecule has 2 heterocycles. The molecular formula is C19H14F2N2O3. The van der Waals surface area contributed by atoms with E-state index in [4.69, 9.17) is 0 Å². The Balaban J connectivity index is 1.86. The summed E-state index contributed by atoms with van der Waals surface area (Å²) in [5.41, 5.74) is 0.485. The van der Waals surface area contributed by atoms with Crippen molar-refractivity contribution in [3.63, 3.8) is 0 Å². The fraction of sp³-hybridized carbons (Fsp3) is 0.158. The zero-order valence-corrected chi connectivity index (χ0v) is 13.7. The highest BCUT2D eigenvalue weighted by Crippen LogP contribution is 2.36. The van der Waals surface area contributed by atoms with Crippen LogP contribution in [-0.2, 0) is 6.42 Å². The summed E-state index contributed by atoms with van der Waals surface area (Å²) in [6.45, 7) is 1.86. The van der Waals surface area contributed by atoms with Crippen LogP contribution in [0.2, 0.25) is 0 Å². The number of pyridine rings is 1. The van der Waals surface area contributed by atoms with Gasteiger partial charge in [-0.05, 0) is 37.1 Å². The van der Waals surface area contributed by atoms with Crippen LogP contribution in [0.3, 0.4) is 0 Å². The highest BCUT2D eigenvalue weighted by Gasteiger charge is 2.29.